The second-order valence-corrected chi connectivity index (χ2v) is 3.88. The van der Waals surface area contributed by atoms with Crippen LogP contribution in [0, 0.1) is 0 Å². The summed E-state index contributed by atoms with van der Waals surface area (Å²) >= 11 is 0.987. The van der Waals surface area contributed by atoms with Crippen molar-refractivity contribution in [2.45, 2.75) is 6.04 Å². The number of amides is 1. The average molecular weight is 240 g/mol. The fraction of sp³-hybridized carbons (Fsp3) is 0.200. The number of carbonyl (C=O) groups is 2. The van der Waals surface area contributed by atoms with Crippen LogP contribution in [-0.2, 0) is 4.79 Å². The number of aliphatic carboxylic acids is 1. The molecule has 1 aromatic rings. The van der Waals surface area contributed by atoms with E-state index in [1.54, 1.807) is 24.3 Å². The minimum absolute atomic E-state index is 0.133. The van der Waals surface area contributed by atoms with Gasteiger partial charge in [0.1, 0.15) is 6.04 Å². The second kappa shape index (κ2) is 6.14. The smallest absolute Gasteiger partial charge is 0.321 e. The van der Waals surface area contributed by atoms with Crippen LogP contribution in [0.3, 0.4) is 0 Å². The third-order valence-corrected chi connectivity index (χ3v) is 2.64. The van der Waals surface area contributed by atoms with Gasteiger partial charge in [-0.2, -0.15) is 0 Å². The summed E-state index contributed by atoms with van der Waals surface area (Å²) in [6.07, 6.45) is 0. The van der Waals surface area contributed by atoms with Gasteiger partial charge in [0.2, 0.25) is 0 Å². The van der Waals surface area contributed by atoms with Crippen molar-refractivity contribution in [2.75, 3.05) is 5.75 Å². The molecule has 0 saturated heterocycles. The number of benzene rings is 1. The lowest BCUT2D eigenvalue weighted by Gasteiger charge is -2.06. The number of rotatable bonds is 5. The first-order valence-electron chi connectivity index (χ1n) is 4.57. The zero-order chi connectivity index (χ0) is 12.0. The molecule has 6 heteroatoms. The first kappa shape index (κ1) is 12.5. The molecule has 5 nitrogen and oxygen atoms in total. The quantitative estimate of drug-likeness (QED) is 0.651. The van der Waals surface area contributed by atoms with Gasteiger partial charge in [-0.1, -0.05) is 18.2 Å². The molecule has 0 bridgehead atoms. The molecule has 0 aliphatic rings. The summed E-state index contributed by atoms with van der Waals surface area (Å²) in [5, 5.41) is 8.51. The van der Waals surface area contributed by atoms with E-state index in [0.29, 0.717) is 5.56 Å². The predicted octanol–water partition coefficient (Wildman–Crippen LogP) is 0.476. The van der Waals surface area contributed by atoms with Crippen LogP contribution in [0.1, 0.15) is 10.4 Å². The van der Waals surface area contributed by atoms with E-state index in [2.05, 4.69) is 4.72 Å². The second-order valence-electron chi connectivity index (χ2n) is 3.05. The highest BCUT2D eigenvalue weighted by Crippen LogP contribution is 2.02. The number of hydrogen-bond donors (Lipinski definition) is 3. The highest BCUT2D eigenvalue weighted by Gasteiger charge is 2.12. The van der Waals surface area contributed by atoms with Crippen molar-refractivity contribution < 1.29 is 14.7 Å². The Balaban J connectivity index is 2.34. The summed E-state index contributed by atoms with van der Waals surface area (Å²) in [5.41, 5.74) is 5.80. The van der Waals surface area contributed by atoms with Crippen molar-refractivity contribution in [1.82, 2.24) is 4.72 Å². The molecule has 1 rings (SSSR count). The van der Waals surface area contributed by atoms with Gasteiger partial charge in [-0.3, -0.25) is 14.3 Å². The SMILES string of the molecule is NC(CSNC(=O)c1ccccc1)C(=O)O. The Morgan fingerprint density at radius 3 is 2.56 bits per heavy atom. The number of carboxylic acids is 1. The van der Waals surface area contributed by atoms with E-state index in [1.165, 1.54) is 0 Å². The Kier molecular flexibility index (Phi) is 4.81. The molecule has 0 aromatic heterocycles. The van der Waals surface area contributed by atoms with Crippen molar-refractivity contribution in [3.63, 3.8) is 0 Å². The van der Waals surface area contributed by atoms with Gasteiger partial charge >= 0.3 is 5.97 Å². The van der Waals surface area contributed by atoms with Gasteiger partial charge in [0.25, 0.3) is 5.91 Å². The topological polar surface area (TPSA) is 92.4 Å². The van der Waals surface area contributed by atoms with Gasteiger partial charge in [0, 0.05) is 11.3 Å². The third kappa shape index (κ3) is 3.92. The minimum Gasteiger partial charge on any atom is -0.480 e. The zero-order valence-electron chi connectivity index (χ0n) is 8.42. The van der Waals surface area contributed by atoms with Crippen LogP contribution in [0.5, 0.6) is 0 Å². The maximum absolute atomic E-state index is 11.5. The number of hydrogen-bond acceptors (Lipinski definition) is 4. The lowest BCUT2D eigenvalue weighted by atomic mass is 10.2. The van der Waals surface area contributed by atoms with E-state index in [1.807, 2.05) is 6.07 Å². The lowest BCUT2D eigenvalue weighted by Crippen LogP contribution is -2.34. The molecule has 0 spiro atoms. The molecule has 1 unspecified atom stereocenters. The molecule has 1 atom stereocenters. The van der Waals surface area contributed by atoms with Gasteiger partial charge < -0.3 is 10.8 Å². The molecule has 1 amide bonds. The molecule has 4 N–H and O–H groups in total. The third-order valence-electron chi connectivity index (χ3n) is 1.78. The Bertz CT molecular complexity index is 370. The van der Waals surface area contributed by atoms with E-state index in [0.717, 1.165) is 11.9 Å². The Labute approximate surface area is 97.2 Å². The molecular formula is C10H12N2O3S. The van der Waals surface area contributed by atoms with Gasteiger partial charge in [-0.05, 0) is 24.1 Å². The standard InChI is InChI=1S/C10H12N2O3S/c11-8(10(14)15)6-16-12-9(13)7-4-2-1-3-5-7/h1-5,8H,6,11H2,(H,12,13)(H,14,15). The summed E-state index contributed by atoms with van der Waals surface area (Å²) in [7, 11) is 0. The predicted molar refractivity (Wildman–Crippen MR) is 62.0 cm³/mol. The van der Waals surface area contributed by atoms with Crippen LogP contribution in [-0.4, -0.2) is 28.8 Å². The minimum atomic E-state index is -1.08. The molecule has 0 saturated carbocycles. The molecule has 0 heterocycles. The van der Waals surface area contributed by atoms with Crippen LogP contribution < -0.4 is 10.5 Å². The van der Waals surface area contributed by atoms with Gasteiger partial charge in [0.05, 0.1) is 0 Å². The Hall–Kier alpha value is -1.53. The molecule has 16 heavy (non-hydrogen) atoms. The van der Waals surface area contributed by atoms with Crippen molar-refractivity contribution in [2.24, 2.45) is 5.73 Å². The fourth-order valence-corrected chi connectivity index (χ4v) is 1.57. The van der Waals surface area contributed by atoms with E-state index >= 15 is 0 Å². The Morgan fingerprint density at radius 1 is 1.38 bits per heavy atom. The highest BCUT2D eigenvalue weighted by atomic mass is 32.2. The van der Waals surface area contributed by atoms with Crippen molar-refractivity contribution >= 4 is 23.8 Å². The number of carboxylic acid groups (broad SMARTS) is 1. The maximum atomic E-state index is 11.5. The maximum Gasteiger partial charge on any atom is 0.321 e. The average Bonchev–Trinajstić information content (AvgIpc) is 2.29. The summed E-state index contributed by atoms with van der Waals surface area (Å²) in [6, 6.07) is 7.69. The number of nitrogens with one attached hydrogen (secondary N) is 1. The van der Waals surface area contributed by atoms with Crippen LogP contribution in [0.4, 0.5) is 0 Å². The van der Waals surface area contributed by atoms with E-state index in [-0.39, 0.29) is 11.7 Å². The molecule has 0 fully saturated rings. The fourth-order valence-electron chi connectivity index (χ4n) is 0.917. The van der Waals surface area contributed by atoms with Crippen LogP contribution in [0.2, 0.25) is 0 Å². The van der Waals surface area contributed by atoms with Crippen LogP contribution in [0.15, 0.2) is 30.3 Å². The van der Waals surface area contributed by atoms with Gasteiger partial charge in [-0.15, -0.1) is 0 Å². The highest BCUT2D eigenvalue weighted by molar-refractivity contribution is 7.98. The van der Waals surface area contributed by atoms with Gasteiger partial charge in [0.15, 0.2) is 0 Å². The number of nitrogens with two attached hydrogens (primary N) is 1. The normalized spacial score (nSPS) is 11.8. The van der Waals surface area contributed by atoms with Crippen molar-refractivity contribution in [3.05, 3.63) is 35.9 Å². The van der Waals surface area contributed by atoms with Crippen LogP contribution >= 0.6 is 11.9 Å². The largest absolute Gasteiger partial charge is 0.480 e. The van der Waals surface area contributed by atoms with Gasteiger partial charge in [-0.25, -0.2) is 0 Å². The lowest BCUT2D eigenvalue weighted by molar-refractivity contribution is -0.137. The Morgan fingerprint density at radius 2 is 2.00 bits per heavy atom. The summed E-state index contributed by atoms with van der Waals surface area (Å²) in [6.45, 7) is 0. The monoisotopic (exact) mass is 240 g/mol. The summed E-state index contributed by atoms with van der Waals surface area (Å²) in [5.74, 6) is -1.21. The summed E-state index contributed by atoms with van der Waals surface area (Å²) in [4.78, 5) is 21.9. The summed E-state index contributed by atoms with van der Waals surface area (Å²) < 4.78 is 2.52. The van der Waals surface area contributed by atoms with Crippen LogP contribution in [0.25, 0.3) is 0 Å². The van der Waals surface area contributed by atoms with E-state index in [4.69, 9.17) is 10.8 Å². The molecule has 86 valence electrons. The number of carbonyl (C=O) groups excluding carboxylic acids is 1. The first-order valence-corrected chi connectivity index (χ1v) is 5.55. The zero-order valence-corrected chi connectivity index (χ0v) is 9.24. The van der Waals surface area contributed by atoms with Crippen molar-refractivity contribution in [3.8, 4) is 0 Å². The molecular weight excluding hydrogens is 228 g/mol. The van der Waals surface area contributed by atoms with E-state index < -0.39 is 12.0 Å². The molecule has 1 aromatic carbocycles. The van der Waals surface area contributed by atoms with Crippen molar-refractivity contribution in [1.29, 1.82) is 0 Å². The molecule has 0 aliphatic carbocycles. The molecule has 0 aliphatic heterocycles. The molecule has 0 radical (unpaired) electrons. The first-order chi connectivity index (χ1) is 7.61. The van der Waals surface area contributed by atoms with E-state index in [9.17, 15) is 9.59 Å².